The van der Waals surface area contributed by atoms with E-state index in [4.69, 9.17) is 27.9 Å². The second kappa shape index (κ2) is 13.9. The number of hydrogen-bond donors (Lipinski definition) is 1. The van der Waals surface area contributed by atoms with Gasteiger partial charge in [0.05, 0.1) is 0 Å². The molecule has 0 aliphatic heterocycles. The van der Waals surface area contributed by atoms with Crippen LogP contribution < -0.4 is 10.1 Å². The number of rotatable bonds is 10. The Balaban J connectivity index is 1.65. The van der Waals surface area contributed by atoms with Gasteiger partial charge >= 0.3 is 0 Å². The first-order valence-corrected chi connectivity index (χ1v) is 14.3. The third-order valence-electron chi connectivity index (χ3n) is 7.45. The lowest BCUT2D eigenvalue weighted by atomic mass is 9.94. The monoisotopic (exact) mass is 566 g/mol. The van der Waals surface area contributed by atoms with E-state index in [2.05, 4.69) is 5.32 Å². The highest BCUT2D eigenvalue weighted by Crippen LogP contribution is 2.28. The number of hydrogen-bond acceptors (Lipinski definition) is 3. The summed E-state index contributed by atoms with van der Waals surface area (Å²) in [7, 11) is 0. The molecule has 1 atom stereocenters. The van der Waals surface area contributed by atoms with Crippen LogP contribution in [0.15, 0.2) is 66.7 Å². The summed E-state index contributed by atoms with van der Waals surface area (Å²) in [5.74, 6) is 0.117. The van der Waals surface area contributed by atoms with E-state index < -0.39 is 6.04 Å². The Morgan fingerprint density at radius 1 is 0.923 bits per heavy atom. The molecule has 1 fully saturated rings. The maximum atomic E-state index is 13.9. The van der Waals surface area contributed by atoms with Gasteiger partial charge in [-0.1, -0.05) is 84.9 Å². The first kappa shape index (κ1) is 29.0. The number of halogens is 2. The highest BCUT2D eigenvalue weighted by molar-refractivity contribution is 6.36. The first-order chi connectivity index (χ1) is 18.8. The summed E-state index contributed by atoms with van der Waals surface area (Å²) in [6.07, 6.45) is 5.63. The van der Waals surface area contributed by atoms with Gasteiger partial charge in [0.25, 0.3) is 5.91 Å². The van der Waals surface area contributed by atoms with Crippen molar-refractivity contribution in [2.45, 2.75) is 71.0 Å². The minimum Gasteiger partial charge on any atom is -0.484 e. The molecule has 2 amide bonds. The predicted molar refractivity (Wildman–Crippen MR) is 157 cm³/mol. The molecule has 0 bridgehead atoms. The number of nitrogens with one attached hydrogen (secondary N) is 1. The third kappa shape index (κ3) is 8.00. The Labute approximate surface area is 241 Å². The molecule has 0 radical (unpaired) electrons. The summed E-state index contributed by atoms with van der Waals surface area (Å²) in [5.41, 5.74) is 3.78. The largest absolute Gasteiger partial charge is 0.484 e. The fourth-order valence-corrected chi connectivity index (χ4v) is 5.50. The molecule has 5 nitrogen and oxygen atoms in total. The number of carbonyl (C=O) groups excluding carboxylic acids is 2. The van der Waals surface area contributed by atoms with Crippen molar-refractivity contribution in [3.8, 4) is 5.75 Å². The van der Waals surface area contributed by atoms with Crippen LogP contribution in [0.4, 0.5) is 0 Å². The van der Waals surface area contributed by atoms with Crippen molar-refractivity contribution in [1.82, 2.24) is 10.2 Å². The average molecular weight is 568 g/mol. The number of amides is 2. The molecule has 3 aromatic carbocycles. The van der Waals surface area contributed by atoms with Gasteiger partial charge in [0.15, 0.2) is 6.61 Å². The van der Waals surface area contributed by atoms with E-state index in [-0.39, 0.29) is 31.0 Å². The van der Waals surface area contributed by atoms with E-state index in [1.807, 2.05) is 62.4 Å². The number of benzene rings is 3. The van der Waals surface area contributed by atoms with Gasteiger partial charge in [0, 0.05) is 34.6 Å². The lowest BCUT2D eigenvalue weighted by Crippen LogP contribution is -2.53. The normalized spacial score (nSPS) is 14.5. The summed E-state index contributed by atoms with van der Waals surface area (Å²) >= 11 is 13.1. The number of aryl methyl sites for hydroxylation is 2. The molecule has 0 aromatic heterocycles. The van der Waals surface area contributed by atoms with Crippen molar-refractivity contribution in [3.05, 3.63) is 99.0 Å². The molecular weight excluding hydrogens is 531 g/mol. The summed E-state index contributed by atoms with van der Waals surface area (Å²) in [6.45, 7) is 3.90. The van der Waals surface area contributed by atoms with Crippen LogP contribution in [-0.4, -0.2) is 35.4 Å². The van der Waals surface area contributed by atoms with Gasteiger partial charge in [-0.2, -0.15) is 0 Å². The smallest absolute Gasteiger partial charge is 0.261 e. The van der Waals surface area contributed by atoms with Crippen LogP contribution in [0.5, 0.6) is 5.75 Å². The maximum absolute atomic E-state index is 13.9. The Morgan fingerprint density at radius 3 is 2.28 bits per heavy atom. The Hall–Kier alpha value is -3.02. The molecule has 7 heteroatoms. The van der Waals surface area contributed by atoms with Crippen molar-refractivity contribution in [2.24, 2.45) is 0 Å². The zero-order chi connectivity index (χ0) is 27.8. The molecule has 0 spiro atoms. The van der Waals surface area contributed by atoms with Crippen LogP contribution >= 0.6 is 23.2 Å². The Kier molecular flexibility index (Phi) is 10.3. The molecule has 4 rings (SSSR count). The van der Waals surface area contributed by atoms with Crippen LogP contribution in [0, 0.1) is 13.8 Å². The SMILES string of the molecule is Cc1ccc(OCC(=O)N(Cc2c(Cl)cccc2Cl)[C@H](Cc2ccccc2)C(=O)NC2CCCCC2)cc1C. The summed E-state index contributed by atoms with van der Waals surface area (Å²) in [5, 5.41) is 4.13. The van der Waals surface area contributed by atoms with Crippen molar-refractivity contribution in [2.75, 3.05) is 6.61 Å². The van der Waals surface area contributed by atoms with Crippen LogP contribution in [0.3, 0.4) is 0 Å². The number of ether oxygens (including phenoxy) is 1. The molecule has 1 saturated carbocycles. The summed E-state index contributed by atoms with van der Waals surface area (Å²) < 4.78 is 5.92. The summed E-state index contributed by atoms with van der Waals surface area (Å²) in [6, 6.07) is 20.1. The Bertz CT molecular complexity index is 1260. The standard InChI is InChI=1S/C32H36Cl2N2O3/c1-22-16-17-26(18-23(22)2)39-21-31(37)36(20-27-28(33)14-9-15-29(27)34)30(19-24-10-5-3-6-11-24)32(38)35-25-12-7-4-8-13-25/h3,5-6,9-11,14-18,25,30H,4,7-8,12-13,19-21H2,1-2H3,(H,35,38)/t30-/m1/s1. The topological polar surface area (TPSA) is 58.6 Å². The van der Waals surface area contributed by atoms with Crippen molar-refractivity contribution in [3.63, 3.8) is 0 Å². The molecule has 1 aliphatic rings. The third-order valence-corrected chi connectivity index (χ3v) is 8.16. The Morgan fingerprint density at radius 2 is 1.62 bits per heavy atom. The zero-order valence-corrected chi connectivity index (χ0v) is 24.1. The zero-order valence-electron chi connectivity index (χ0n) is 22.6. The molecule has 206 valence electrons. The van der Waals surface area contributed by atoms with E-state index in [0.717, 1.165) is 42.4 Å². The van der Waals surface area contributed by atoms with Crippen molar-refractivity contribution < 1.29 is 14.3 Å². The lowest BCUT2D eigenvalue weighted by Gasteiger charge is -2.33. The van der Waals surface area contributed by atoms with Crippen LogP contribution in [0.1, 0.15) is 54.4 Å². The van der Waals surface area contributed by atoms with E-state index >= 15 is 0 Å². The molecule has 39 heavy (non-hydrogen) atoms. The van der Waals surface area contributed by atoms with Crippen LogP contribution in [0.25, 0.3) is 0 Å². The van der Waals surface area contributed by atoms with E-state index in [9.17, 15) is 9.59 Å². The second-order valence-electron chi connectivity index (χ2n) is 10.3. The predicted octanol–water partition coefficient (Wildman–Crippen LogP) is 7.08. The van der Waals surface area contributed by atoms with Gasteiger partial charge in [-0.25, -0.2) is 0 Å². The molecule has 0 saturated heterocycles. The van der Waals surface area contributed by atoms with Crippen molar-refractivity contribution >= 4 is 35.0 Å². The van der Waals surface area contributed by atoms with Crippen LogP contribution in [-0.2, 0) is 22.6 Å². The summed E-state index contributed by atoms with van der Waals surface area (Å²) in [4.78, 5) is 29.3. The van der Waals surface area contributed by atoms with E-state index in [1.54, 1.807) is 23.1 Å². The minimum absolute atomic E-state index is 0.0865. The molecule has 0 heterocycles. The van der Waals surface area contributed by atoms with Crippen LogP contribution in [0.2, 0.25) is 10.0 Å². The second-order valence-corrected chi connectivity index (χ2v) is 11.1. The van der Waals surface area contributed by atoms with E-state index in [1.165, 1.54) is 6.42 Å². The van der Waals surface area contributed by atoms with Crippen molar-refractivity contribution in [1.29, 1.82) is 0 Å². The van der Waals surface area contributed by atoms with Gasteiger partial charge in [0.2, 0.25) is 5.91 Å². The lowest BCUT2D eigenvalue weighted by molar-refractivity contribution is -0.143. The fraction of sp³-hybridized carbons (Fsp3) is 0.375. The molecular formula is C32H36Cl2N2O3. The van der Waals surface area contributed by atoms with Gasteiger partial charge in [0.1, 0.15) is 11.8 Å². The molecule has 1 aliphatic carbocycles. The molecule has 0 unspecified atom stereocenters. The maximum Gasteiger partial charge on any atom is 0.261 e. The highest BCUT2D eigenvalue weighted by atomic mass is 35.5. The minimum atomic E-state index is -0.766. The van der Waals surface area contributed by atoms with Gasteiger partial charge < -0.3 is 15.0 Å². The fourth-order valence-electron chi connectivity index (χ4n) is 4.98. The van der Waals surface area contributed by atoms with Gasteiger partial charge in [-0.05, 0) is 67.6 Å². The first-order valence-electron chi connectivity index (χ1n) is 13.6. The molecule has 3 aromatic rings. The average Bonchev–Trinajstić information content (AvgIpc) is 2.93. The quantitative estimate of drug-likeness (QED) is 0.285. The molecule has 1 N–H and O–H groups in total. The number of nitrogens with zero attached hydrogens (tertiary/aromatic N) is 1. The van der Waals surface area contributed by atoms with Gasteiger partial charge in [-0.3, -0.25) is 9.59 Å². The van der Waals surface area contributed by atoms with E-state index in [0.29, 0.717) is 27.8 Å². The van der Waals surface area contributed by atoms with Gasteiger partial charge in [-0.15, -0.1) is 0 Å². The highest BCUT2D eigenvalue weighted by Gasteiger charge is 2.33. The number of carbonyl (C=O) groups is 2.